The lowest BCUT2D eigenvalue weighted by Crippen LogP contribution is -2.38. The number of benzene rings is 1. The van der Waals surface area contributed by atoms with Crippen molar-refractivity contribution in [2.75, 3.05) is 20.1 Å². The molecule has 0 radical (unpaired) electrons. The van der Waals surface area contributed by atoms with Crippen molar-refractivity contribution in [2.45, 2.75) is 32.9 Å². The fourth-order valence-corrected chi connectivity index (χ4v) is 1.93. The molecule has 0 saturated carbocycles. The van der Waals surface area contributed by atoms with Crippen LogP contribution in [0.15, 0.2) is 36.4 Å². The van der Waals surface area contributed by atoms with E-state index in [1.165, 1.54) is 5.57 Å². The van der Waals surface area contributed by atoms with Crippen LogP contribution in [-0.2, 0) is 6.54 Å². The van der Waals surface area contributed by atoms with Crippen LogP contribution in [0.3, 0.4) is 0 Å². The number of likely N-dealkylation sites (N-methyl/N-ethyl adjacent to an activating group) is 1. The van der Waals surface area contributed by atoms with Gasteiger partial charge in [0, 0.05) is 25.2 Å². The van der Waals surface area contributed by atoms with E-state index in [-0.39, 0.29) is 5.54 Å². The van der Waals surface area contributed by atoms with E-state index in [0.717, 1.165) is 25.2 Å². The predicted octanol–water partition coefficient (Wildman–Crippen LogP) is 2.93. The molecule has 0 bridgehead atoms. The Balaban J connectivity index is 2.45. The summed E-state index contributed by atoms with van der Waals surface area (Å²) < 4.78 is 0. The van der Waals surface area contributed by atoms with Crippen molar-refractivity contribution in [1.29, 1.82) is 5.26 Å². The van der Waals surface area contributed by atoms with Crippen molar-refractivity contribution in [3.8, 4) is 6.07 Å². The number of rotatable bonds is 6. The molecule has 0 spiro atoms. The minimum atomic E-state index is 0.114. The molecule has 108 valence electrons. The topological polar surface area (TPSA) is 39.1 Å². The molecule has 0 unspecified atom stereocenters. The van der Waals surface area contributed by atoms with Gasteiger partial charge in [-0.25, -0.2) is 0 Å². The number of hydrogen-bond acceptors (Lipinski definition) is 3. The first-order valence-electron chi connectivity index (χ1n) is 6.89. The fraction of sp³-hybridized carbons (Fsp3) is 0.471. The highest BCUT2D eigenvalue weighted by atomic mass is 15.1. The molecule has 3 heteroatoms. The maximum absolute atomic E-state index is 8.90. The van der Waals surface area contributed by atoms with Crippen molar-refractivity contribution in [1.82, 2.24) is 10.2 Å². The van der Waals surface area contributed by atoms with E-state index in [9.17, 15) is 0 Å². The lowest BCUT2D eigenvalue weighted by molar-refractivity contribution is 0.346. The summed E-state index contributed by atoms with van der Waals surface area (Å²) in [4.78, 5) is 2.21. The zero-order chi connectivity index (χ0) is 15.2. The summed E-state index contributed by atoms with van der Waals surface area (Å²) in [6, 6.07) is 9.92. The van der Waals surface area contributed by atoms with E-state index >= 15 is 0 Å². The first-order chi connectivity index (χ1) is 9.30. The van der Waals surface area contributed by atoms with E-state index in [2.05, 4.69) is 50.7 Å². The molecule has 3 nitrogen and oxygen atoms in total. The first kappa shape index (κ1) is 16.4. The zero-order valence-corrected chi connectivity index (χ0v) is 13.0. The summed E-state index contributed by atoms with van der Waals surface area (Å²) >= 11 is 0. The van der Waals surface area contributed by atoms with Crippen molar-refractivity contribution < 1.29 is 0 Å². The Hall–Kier alpha value is -1.63. The minimum Gasteiger partial charge on any atom is -0.308 e. The van der Waals surface area contributed by atoms with Gasteiger partial charge in [0.15, 0.2) is 0 Å². The highest BCUT2D eigenvalue weighted by Gasteiger charge is 2.10. The van der Waals surface area contributed by atoms with Gasteiger partial charge in [0.05, 0.1) is 11.6 Å². The molecular formula is C17H25N3. The van der Waals surface area contributed by atoms with Gasteiger partial charge in [-0.2, -0.15) is 5.26 Å². The van der Waals surface area contributed by atoms with Gasteiger partial charge in [-0.1, -0.05) is 18.7 Å². The van der Waals surface area contributed by atoms with Gasteiger partial charge < -0.3 is 5.32 Å². The van der Waals surface area contributed by atoms with Gasteiger partial charge >= 0.3 is 0 Å². The summed E-state index contributed by atoms with van der Waals surface area (Å²) in [7, 11) is 2.07. The van der Waals surface area contributed by atoms with E-state index in [1.54, 1.807) is 0 Å². The van der Waals surface area contributed by atoms with Gasteiger partial charge in [-0.05, 0) is 51.1 Å². The molecule has 0 saturated heterocycles. The van der Waals surface area contributed by atoms with Crippen LogP contribution in [0.4, 0.5) is 0 Å². The third-order valence-electron chi connectivity index (χ3n) is 2.87. The van der Waals surface area contributed by atoms with Gasteiger partial charge in [0.1, 0.15) is 0 Å². The fourth-order valence-electron chi connectivity index (χ4n) is 1.93. The molecule has 0 amide bonds. The van der Waals surface area contributed by atoms with Gasteiger partial charge in [0.2, 0.25) is 0 Å². The van der Waals surface area contributed by atoms with Crippen LogP contribution in [0.2, 0.25) is 0 Å². The van der Waals surface area contributed by atoms with Crippen LogP contribution < -0.4 is 5.32 Å². The molecular weight excluding hydrogens is 246 g/mol. The Labute approximate surface area is 122 Å². The van der Waals surface area contributed by atoms with Crippen molar-refractivity contribution in [3.05, 3.63) is 47.5 Å². The number of nitriles is 1. The molecule has 1 aromatic carbocycles. The highest BCUT2D eigenvalue weighted by Crippen LogP contribution is 2.08. The van der Waals surface area contributed by atoms with Crippen LogP contribution in [0.1, 0.15) is 31.9 Å². The lowest BCUT2D eigenvalue weighted by Gasteiger charge is -2.23. The predicted molar refractivity (Wildman–Crippen MR) is 84.4 cm³/mol. The molecule has 20 heavy (non-hydrogen) atoms. The van der Waals surface area contributed by atoms with Crippen LogP contribution in [0.25, 0.3) is 0 Å². The second kappa shape index (κ2) is 7.23. The molecule has 0 aromatic heterocycles. The molecule has 1 N–H and O–H groups in total. The van der Waals surface area contributed by atoms with Crippen molar-refractivity contribution >= 4 is 0 Å². The zero-order valence-electron chi connectivity index (χ0n) is 13.0. The normalized spacial score (nSPS) is 11.4. The number of nitrogens with zero attached hydrogens (tertiary/aromatic N) is 2. The standard InChI is InChI=1S/C17H25N3/c1-14(11-19-17(2,3)4)12-20(5)13-16-8-6-7-15(9-16)10-18/h6-9,19H,1,11-13H2,2-5H3. The lowest BCUT2D eigenvalue weighted by atomic mass is 10.1. The minimum absolute atomic E-state index is 0.114. The Morgan fingerprint density at radius 3 is 2.70 bits per heavy atom. The quantitative estimate of drug-likeness (QED) is 0.809. The second-order valence-corrected chi connectivity index (χ2v) is 6.34. The average molecular weight is 271 g/mol. The SMILES string of the molecule is C=C(CNC(C)(C)C)CN(C)Cc1cccc(C#N)c1. The maximum Gasteiger partial charge on any atom is 0.0991 e. The third kappa shape index (κ3) is 6.51. The van der Waals surface area contributed by atoms with Gasteiger partial charge in [-0.15, -0.1) is 0 Å². The van der Waals surface area contributed by atoms with Gasteiger partial charge in [0.25, 0.3) is 0 Å². The summed E-state index contributed by atoms with van der Waals surface area (Å²) in [5, 5.41) is 12.3. The largest absolute Gasteiger partial charge is 0.308 e. The highest BCUT2D eigenvalue weighted by molar-refractivity contribution is 5.32. The Morgan fingerprint density at radius 1 is 1.40 bits per heavy atom. The second-order valence-electron chi connectivity index (χ2n) is 6.34. The molecule has 0 atom stereocenters. The van der Waals surface area contributed by atoms with E-state index in [1.807, 2.05) is 24.3 Å². The Bertz CT molecular complexity index is 492. The molecule has 0 aliphatic heterocycles. The summed E-state index contributed by atoms with van der Waals surface area (Å²) in [6.07, 6.45) is 0. The smallest absolute Gasteiger partial charge is 0.0991 e. The first-order valence-corrected chi connectivity index (χ1v) is 6.89. The maximum atomic E-state index is 8.90. The molecule has 0 aliphatic rings. The van der Waals surface area contributed by atoms with E-state index < -0.39 is 0 Å². The van der Waals surface area contributed by atoms with Crippen molar-refractivity contribution in [2.24, 2.45) is 0 Å². The Kier molecular flexibility index (Phi) is 5.94. The number of nitrogens with one attached hydrogen (secondary N) is 1. The summed E-state index contributed by atoms with van der Waals surface area (Å²) in [5.74, 6) is 0. The van der Waals surface area contributed by atoms with Crippen molar-refractivity contribution in [3.63, 3.8) is 0 Å². The molecule has 1 rings (SSSR count). The summed E-state index contributed by atoms with van der Waals surface area (Å²) in [6.45, 7) is 13.1. The average Bonchev–Trinajstić information content (AvgIpc) is 2.35. The monoisotopic (exact) mass is 271 g/mol. The van der Waals surface area contributed by atoms with Crippen LogP contribution in [0.5, 0.6) is 0 Å². The van der Waals surface area contributed by atoms with Crippen LogP contribution in [-0.4, -0.2) is 30.6 Å². The molecule has 0 heterocycles. The molecule has 1 aromatic rings. The molecule has 0 aliphatic carbocycles. The van der Waals surface area contributed by atoms with E-state index in [0.29, 0.717) is 5.56 Å². The van der Waals surface area contributed by atoms with E-state index in [4.69, 9.17) is 5.26 Å². The third-order valence-corrected chi connectivity index (χ3v) is 2.87. The van der Waals surface area contributed by atoms with Gasteiger partial charge in [-0.3, -0.25) is 4.90 Å². The Morgan fingerprint density at radius 2 is 2.10 bits per heavy atom. The molecule has 0 fully saturated rings. The number of hydrogen-bond donors (Lipinski definition) is 1. The summed E-state index contributed by atoms with van der Waals surface area (Å²) in [5.41, 5.74) is 3.15. The van der Waals surface area contributed by atoms with Crippen LogP contribution >= 0.6 is 0 Å². The van der Waals surface area contributed by atoms with Crippen LogP contribution in [0, 0.1) is 11.3 Å².